The molecular weight excluding hydrogens is 286 g/mol. The summed E-state index contributed by atoms with van der Waals surface area (Å²) in [4.78, 5) is 12.0. The molecule has 100 valence electrons. The van der Waals surface area contributed by atoms with E-state index in [2.05, 4.69) is 15.5 Å². The Labute approximate surface area is 119 Å². The highest BCUT2D eigenvalue weighted by Gasteiger charge is 2.15. The minimum atomic E-state index is -0.335. The number of aryl methyl sites for hydroxylation is 1. The van der Waals surface area contributed by atoms with Gasteiger partial charge in [0.2, 0.25) is 9.47 Å². The standard InChI is InChI=1S/C12H12ClN3O2S/c1-6-4-5-8(7(2)9(6)18-3)14-10(17)11-15-16-12(13)19-11/h4-5H,1-3H3,(H,14,17). The molecule has 1 heterocycles. The summed E-state index contributed by atoms with van der Waals surface area (Å²) in [5.41, 5.74) is 2.56. The van der Waals surface area contributed by atoms with Crippen molar-refractivity contribution in [2.75, 3.05) is 12.4 Å². The van der Waals surface area contributed by atoms with Gasteiger partial charge in [0.15, 0.2) is 0 Å². The zero-order chi connectivity index (χ0) is 14.0. The number of hydrogen-bond acceptors (Lipinski definition) is 5. The molecule has 5 nitrogen and oxygen atoms in total. The van der Waals surface area contributed by atoms with Crippen LogP contribution in [0.25, 0.3) is 0 Å². The Kier molecular flexibility index (Phi) is 4.01. The molecule has 0 bridgehead atoms. The average Bonchev–Trinajstić information content (AvgIpc) is 2.80. The first-order valence-corrected chi connectivity index (χ1v) is 6.67. The molecule has 0 fully saturated rings. The van der Waals surface area contributed by atoms with Crippen molar-refractivity contribution in [1.82, 2.24) is 10.2 Å². The van der Waals surface area contributed by atoms with Crippen LogP contribution in [0.3, 0.4) is 0 Å². The molecule has 0 saturated carbocycles. The molecule has 7 heteroatoms. The highest BCUT2D eigenvalue weighted by atomic mass is 35.5. The number of hydrogen-bond donors (Lipinski definition) is 1. The second kappa shape index (κ2) is 5.54. The van der Waals surface area contributed by atoms with E-state index in [-0.39, 0.29) is 15.4 Å². The van der Waals surface area contributed by atoms with E-state index < -0.39 is 0 Å². The van der Waals surface area contributed by atoms with Crippen molar-refractivity contribution in [3.63, 3.8) is 0 Å². The molecule has 2 rings (SSSR count). The van der Waals surface area contributed by atoms with E-state index in [1.54, 1.807) is 7.11 Å². The summed E-state index contributed by atoms with van der Waals surface area (Å²) in [7, 11) is 1.60. The van der Waals surface area contributed by atoms with Crippen molar-refractivity contribution in [1.29, 1.82) is 0 Å². The molecule has 0 spiro atoms. The van der Waals surface area contributed by atoms with Gasteiger partial charge < -0.3 is 10.1 Å². The summed E-state index contributed by atoms with van der Waals surface area (Å²) in [6.45, 7) is 3.83. The van der Waals surface area contributed by atoms with Crippen molar-refractivity contribution in [3.8, 4) is 5.75 Å². The molecule has 1 amide bonds. The van der Waals surface area contributed by atoms with Gasteiger partial charge in [-0.3, -0.25) is 4.79 Å². The largest absolute Gasteiger partial charge is 0.496 e. The molecular formula is C12H12ClN3O2S. The van der Waals surface area contributed by atoms with Gasteiger partial charge in [0.1, 0.15) is 5.75 Å². The number of aromatic nitrogens is 2. The van der Waals surface area contributed by atoms with Crippen LogP contribution < -0.4 is 10.1 Å². The third-order valence-electron chi connectivity index (χ3n) is 2.65. The predicted molar refractivity (Wildman–Crippen MR) is 75.3 cm³/mol. The van der Waals surface area contributed by atoms with Gasteiger partial charge in [0.25, 0.3) is 5.91 Å². The minimum absolute atomic E-state index is 0.226. The molecule has 0 aliphatic carbocycles. The molecule has 0 radical (unpaired) electrons. The zero-order valence-corrected chi connectivity index (χ0v) is 12.2. The number of rotatable bonds is 3. The number of anilines is 1. The maximum Gasteiger partial charge on any atom is 0.286 e. The van der Waals surface area contributed by atoms with E-state index >= 15 is 0 Å². The van der Waals surface area contributed by atoms with E-state index in [0.29, 0.717) is 5.69 Å². The van der Waals surface area contributed by atoms with Crippen LogP contribution in [0.2, 0.25) is 4.47 Å². The number of nitrogens with one attached hydrogen (secondary N) is 1. The first-order valence-electron chi connectivity index (χ1n) is 5.47. The number of nitrogens with zero attached hydrogens (tertiary/aromatic N) is 2. The fraction of sp³-hybridized carbons (Fsp3) is 0.250. The Morgan fingerprint density at radius 3 is 2.68 bits per heavy atom. The van der Waals surface area contributed by atoms with Crippen molar-refractivity contribution < 1.29 is 9.53 Å². The molecule has 19 heavy (non-hydrogen) atoms. The summed E-state index contributed by atoms with van der Waals surface area (Å²) in [6, 6.07) is 3.71. The monoisotopic (exact) mass is 297 g/mol. The normalized spacial score (nSPS) is 10.3. The maximum atomic E-state index is 12.0. The highest BCUT2D eigenvalue weighted by molar-refractivity contribution is 7.17. The van der Waals surface area contributed by atoms with E-state index in [1.807, 2.05) is 26.0 Å². The van der Waals surface area contributed by atoms with E-state index in [1.165, 1.54) is 0 Å². The number of halogens is 1. The van der Waals surface area contributed by atoms with Crippen LogP contribution in [0.4, 0.5) is 5.69 Å². The van der Waals surface area contributed by atoms with Gasteiger partial charge in [-0.15, -0.1) is 10.2 Å². The van der Waals surface area contributed by atoms with Gasteiger partial charge in [0.05, 0.1) is 7.11 Å². The summed E-state index contributed by atoms with van der Waals surface area (Å²) in [6.07, 6.45) is 0. The molecule has 0 atom stereocenters. The molecule has 0 aliphatic rings. The maximum absolute atomic E-state index is 12.0. The van der Waals surface area contributed by atoms with Crippen molar-refractivity contribution in [3.05, 3.63) is 32.7 Å². The van der Waals surface area contributed by atoms with Crippen LogP contribution in [0.1, 0.15) is 20.9 Å². The van der Waals surface area contributed by atoms with Crippen molar-refractivity contribution in [2.24, 2.45) is 0 Å². The van der Waals surface area contributed by atoms with Gasteiger partial charge >= 0.3 is 0 Å². The molecule has 1 aromatic carbocycles. The molecule has 2 aromatic rings. The fourth-order valence-electron chi connectivity index (χ4n) is 1.75. The SMILES string of the molecule is COc1c(C)ccc(NC(=O)c2nnc(Cl)s2)c1C. The molecule has 1 aromatic heterocycles. The first-order chi connectivity index (χ1) is 9.02. The Bertz CT molecular complexity index is 627. The summed E-state index contributed by atoms with van der Waals surface area (Å²) >= 11 is 6.69. The molecule has 0 aliphatic heterocycles. The zero-order valence-electron chi connectivity index (χ0n) is 10.7. The lowest BCUT2D eigenvalue weighted by Crippen LogP contribution is -2.13. The number of amides is 1. The lowest BCUT2D eigenvalue weighted by molar-refractivity contribution is 0.102. The second-order valence-electron chi connectivity index (χ2n) is 3.90. The smallest absolute Gasteiger partial charge is 0.286 e. The molecule has 0 saturated heterocycles. The first kappa shape index (κ1) is 13.8. The third-order valence-corrected chi connectivity index (χ3v) is 3.67. The lowest BCUT2D eigenvalue weighted by atomic mass is 10.1. The van der Waals surface area contributed by atoms with Gasteiger partial charge in [-0.05, 0) is 37.1 Å². The Hall–Kier alpha value is -1.66. The van der Waals surface area contributed by atoms with E-state index in [0.717, 1.165) is 28.2 Å². The van der Waals surface area contributed by atoms with Crippen molar-refractivity contribution >= 4 is 34.5 Å². The predicted octanol–water partition coefficient (Wildman–Crippen LogP) is 3.07. The average molecular weight is 298 g/mol. The van der Waals surface area contributed by atoms with Crippen molar-refractivity contribution in [2.45, 2.75) is 13.8 Å². The lowest BCUT2D eigenvalue weighted by Gasteiger charge is -2.13. The summed E-state index contributed by atoms with van der Waals surface area (Å²) < 4.78 is 5.55. The van der Waals surface area contributed by atoms with Crippen LogP contribution in [0.5, 0.6) is 5.75 Å². The second-order valence-corrected chi connectivity index (χ2v) is 5.46. The topological polar surface area (TPSA) is 64.1 Å². The highest BCUT2D eigenvalue weighted by Crippen LogP contribution is 2.29. The molecule has 1 N–H and O–H groups in total. The van der Waals surface area contributed by atoms with Crippen LogP contribution in [0, 0.1) is 13.8 Å². The van der Waals surface area contributed by atoms with Gasteiger partial charge in [0, 0.05) is 11.3 Å². The number of carbonyl (C=O) groups excluding carboxylic acids is 1. The Morgan fingerprint density at radius 2 is 2.11 bits per heavy atom. The van der Waals surface area contributed by atoms with E-state index in [4.69, 9.17) is 16.3 Å². The number of benzene rings is 1. The van der Waals surface area contributed by atoms with Crippen LogP contribution in [-0.4, -0.2) is 23.2 Å². The van der Waals surface area contributed by atoms with Crippen LogP contribution >= 0.6 is 22.9 Å². The van der Waals surface area contributed by atoms with Gasteiger partial charge in [-0.2, -0.15) is 0 Å². The number of methoxy groups -OCH3 is 1. The molecule has 0 unspecified atom stereocenters. The Balaban J connectivity index is 2.27. The fourth-order valence-corrected chi connectivity index (χ4v) is 2.47. The quantitative estimate of drug-likeness (QED) is 0.945. The van der Waals surface area contributed by atoms with Gasteiger partial charge in [-0.25, -0.2) is 0 Å². The minimum Gasteiger partial charge on any atom is -0.496 e. The van der Waals surface area contributed by atoms with Gasteiger partial charge in [-0.1, -0.05) is 17.4 Å². The number of ether oxygens (including phenoxy) is 1. The number of carbonyl (C=O) groups is 1. The van der Waals surface area contributed by atoms with Crippen LogP contribution in [-0.2, 0) is 0 Å². The van der Waals surface area contributed by atoms with Crippen LogP contribution in [0.15, 0.2) is 12.1 Å². The summed E-state index contributed by atoms with van der Waals surface area (Å²) in [5.74, 6) is 0.423. The third kappa shape index (κ3) is 2.85. The Morgan fingerprint density at radius 1 is 1.37 bits per heavy atom. The summed E-state index contributed by atoms with van der Waals surface area (Å²) in [5, 5.41) is 10.3. The van der Waals surface area contributed by atoms with E-state index in [9.17, 15) is 4.79 Å².